The van der Waals surface area contributed by atoms with Crippen molar-refractivity contribution in [3.05, 3.63) is 70.7 Å². The second-order valence-corrected chi connectivity index (χ2v) is 9.63. The number of rotatable bonds is 6. The van der Waals surface area contributed by atoms with Crippen LogP contribution in [-0.2, 0) is 20.7 Å². The topological polar surface area (TPSA) is 115 Å². The van der Waals surface area contributed by atoms with Crippen LogP contribution in [0.3, 0.4) is 0 Å². The molecule has 0 spiro atoms. The van der Waals surface area contributed by atoms with E-state index in [1.165, 1.54) is 12.5 Å². The molecule has 3 heterocycles. The number of urea groups is 1. The van der Waals surface area contributed by atoms with Crippen molar-refractivity contribution >= 4 is 46.0 Å². The lowest BCUT2D eigenvalue weighted by atomic mass is 9.94. The number of nitrogens with one attached hydrogen (secondary N) is 1. The van der Waals surface area contributed by atoms with Crippen molar-refractivity contribution in [3.8, 4) is 5.75 Å². The summed E-state index contributed by atoms with van der Waals surface area (Å²) in [5.41, 5.74) is 2.15. The Morgan fingerprint density at radius 1 is 1.16 bits per heavy atom. The third-order valence-electron chi connectivity index (χ3n) is 6.69. The van der Waals surface area contributed by atoms with Gasteiger partial charge in [0.05, 0.1) is 20.8 Å². The van der Waals surface area contributed by atoms with Crippen molar-refractivity contribution in [1.29, 1.82) is 0 Å². The summed E-state index contributed by atoms with van der Waals surface area (Å²) in [4.78, 5) is 58.2. The molecule has 0 bridgehead atoms. The van der Waals surface area contributed by atoms with Crippen molar-refractivity contribution < 1.29 is 28.7 Å². The molecule has 2 aliphatic heterocycles. The van der Waals surface area contributed by atoms with E-state index in [0.717, 1.165) is 21.8 Å². The summed E-state index contributed by atoms with van der Waals surface area (Å²) in [6.07, 6.45) is 0.174. The molecular weight excluding hydrogens is 496 g/mol. The molecule has 5 rings (SSSR count). The highest BCUT2D eigenvalue weighted by Crippen LogP contribution is 2.43. The van der Waals surface area contributed by atoms with E-state index in [9.17, 15) is 19.2 Å². The standard InChI is InChI=1S/C26H24N4O6S/c1-4-36-17-11-9-15(10-12-17)21-22(31)29(25(34)28-21)19-13-16-7-5-6-8-20(16)30(2,23(19)32)26-27-18(14-37-26)24(33)35-3/h5-12,14,19,21H,4,13H2,1-3H3/p+1/t19?,21-,30?/m1/s1. The smallest absolute Gasteiger partial charge is 0.357 e. The first kappa shape index (κ1) is 24.6. The molecule has 37 heavy (non-hydrogen) atoms. The molecule has 0 aliphatic carbocycles. The van der Waals surface area contributed by atoms with Crippen LogP contribution in [-0.4, -0.2) is 60.5 Å². The number of thiazole rings is 1. The summed E-state index contributed by atoms with van der Waals surface area (Å²) in [7, 11) is 2.92. The predicted octanol–water partition coefficient (Wildman–Crippen LogP) is 3.34. The molecule has 2 aromatic carbocycles. The van der Waals surface area contributed by atoms with Gasteiger partial charge >= 0.3 is 17.9 Å². The average Bonchev–Trinajstić information content (AvgIpc) is 3.52. The van der Waals surface area contributed by atoms with Crippen LogP contribution in [0.5, 0.6) is 5.75 Å². The summed E-state index contributed by atoms with van der Waals surface area (Å²) in [5.74, 6) is -0.870. The van der Waals surface area contributed by atoms with Gasteiger partial charge < -0.3 is 14.8 Å². The highest BCUT2D eigenvalue weighted by atomic mass is 32.1. The Bertz CT molecular complexity index is 1400. The van der Waals surface area contributed by atoms with E-state index in [1.54, 1.807) is 31.3 Å². The minimum Gasteiger partial charge on any atom is -0.494 e. The number of para-hydroxylation sites is 1. The fourth-order valence-electron chi connectivity index (χ4n) is 4.84. The largest absolute Gasteiger partial charge is 0.494 e. The number of amides is 4. The number of imide groups is 1. The zero-order valence-corrected chi connectivity index (χ0v) is 21.3. The number of hydrogen-bond donors (Lipinski definition) is 1. The molecule has 0 radical (unpaired) electrons. The Balaban J connectivity index is 1.52. The van der Waals surface area contributed by atoms with Gasteiger partial charge in [-0.3, -0.25) is 4.79 Å². The van der Waals surface area contributed by atoms with Gasteiger partial charge in [-0.15, -0.1) is 0 Å². The highest BCUT2D eigenvalue weighted by Gasteiger charge is 2.56. The first-order chi connectivity index (χ1) is 17.8. The van der Waals surface area contributed by atoms with Gasteiger partial charge in [-0.25, -0.2) is 19.3 Å². The number of likely N-dealkylation sites (N-methyl/N-ethyl adjacent to an activating group) is 1. The van der Waals surface area contributed by atoms with Crippen molar-refractivity contribution in [2.45, 2.75) is 25.4 Å². The summed E-state index contributed by atoms with van der Waals surface area (Å²) in [5, 5.41) is 4.58. The lowest BCUT2D eigenvalue weighted by molar-refractivity contribution is -0.139. The molecule has 1 aromatic heterocycles. The van der Waals surface area contributed by atoms with E-state index < -0.39 is 40.4 Å². The summed E-state index contributed by atoms with van der Waals surface area (Å²) in [6, 6.07) is 11.6. The van der Waals surface area contributed by atoms with Gasteiger partial charge in [0.15, 0.2) is 17.4 Å². The molecule has 2 unspecified atom stereocenters. The van der Waals surface area contributed by atoms with Crippen LogP contribution in [0, 0.1) is 0 Å². The maximum absolute atomic E-state index is 14.1. The zero-order chi connectivity index (χ0) is 26.3. The lowest BCUT2D eigenvalue weighted by Gasteiger charge is -2.38. The van der Waals surface area contributed by atoms with E-state index in [2.05, 4.69) is 10.3 Å². The molecule has 1 N–H and O–H groups in total. The van der Waals surface area contributed by atoms with Crippen LogP contribution in [0.25, 0.3) is 0 Å². The Kier molecular flexibility index (Phi) is 6.26. The fourth-order valence-corrected chi connectivity index (χ4v) is 5.75. The second-order valence-electron chi connectivity index (χ2n) is 8.79. The zero-order valence-electron chi connectivity index (χ0n) is 20.5. The third kappa shape index (κ3) is 3.96. The Labute approximate surface area is 217 Å². The van der Waals surface area contributed by atoms with Gasteiger partial charge in [-0.2, -0.15) is 9.47 Å². The predicted molar refractivity (Wildman–Crippen MR) is 136 cm³/mol. The molecule has 2 aliphatic rings. The molecule has 11 heteroatoms. The highest BCUT2D eigenvalue weighted by molar-refractivity contribution is 7.14. The molecule has 1 saturated heterocycles. The Hall–Kier alpha value is -4.09. The van der Waals surface area contributed by atoms with Crippen LogP contribution in [0.15, 0.2) is 53.9 Å². The van der Waals surface area contributed by atoms with Crippen molar-refractivity contribution in [2.75, 3.05) is 20.8 Å². The number of esters is 1. The van der Waals surface area contributed by atoms with Gasteiger partial charge in [0.25, 0.3) is 11.0 Å². The quantitative estimate of drug-likeness (QED) is 0.301. The van der Waals surface area contributed by atoms with Gasteiger partial charge in [-0.05, 0) is 24.6 Å². The number of fused-ring (bicyclic) bond motifs is 1. The van der Waals surface area contributed by atoms with Gasteiger partial charge in [0.1, 0.15) is 11.8 Å². The third-order valence-corrected chi connectivity index (χ3v) is 7.70. The lowest BCUT2D eigenvalue weighted by Crippen LogP contribution is -2.61. The summed E-state index contributed by atoms with van der Waals surface area (Å²) < 4.78 is 9.84. The van der Waals surface area contributed by atoms with Crippen molar-refractivity contribution in [3.63, 3.8) is 0 Å². The van der Waals surface area contributed by atoms with E-state index in [0.29, 0.717) is 28.7 Å². The van der Waals surface area contributed by atoms with Crippen molar-refractivity contribution in [1.82, 2.24) is 19.7 Å². The number of hydrogen-bond acceptors (Lipinski definition) is 8. The van der Waals surface area contributed by atoms with Gasteiger partial charge in [-0.1, -0.05) is 41.7 Å². The Morgan fingerprint density at radius 3 is 2.59 bits per heavy atom. The Morgan fingerprint density at radius 2 is 1.89 bits per heavy atom. The number of benzene rings is 2. The van der Waals surface area contributed by atoms with Gasteiger partial charge in [0.2, 0.25) is 0 Å². The van der Waals surface area contributed by atoms with Crippen LogP contribution in [0.1, 0.15) is 34.6 Å². The number of nitrogens with zero attached hydrogens (tertiary/aromatic N) is 3. The number of carbonyl (C=O) groups is 4. The molecule has 190 valence electrons. The molecule has 10 nitrogen and oxygen atoms in total. The summed E-state index contributed by atoms with van der Waals surface area (Å²) in [6.45, 7) is 2.38. The normalized spacial score (nSPS) is 23.0. The van der Waals surface area contributed by atoms with E-state index >= 15 is 0 Å². The molecule has 1 fully saturated rings. The van der Waals surface area contributed by atoms with Crippen LogP contribution in [0.2, 0.25) is 0 Å². The first-order valence-corrected chi connectivity index (χ1v) is 12.6. The number of methoxy groups -OCH3 is 1. The minimum absolute atomic E-state index is 0.0832. The van der Waals surface area contributed by atoms with Crippen LogP contribution in [0.4, 0.5) is 15.6 Å². The summed E-state index contributed by atoms with van der Waals surface area (Å²) >= 11 is 1.14. The van der Waals surface area contributed by atoms with E-state index in [4.69, 9.17) is 9.47 Å². The van der Waals surface area contributed by atoms with Crippen molar-refractivity contribution in [2.24, 2.45) is 0 Å². The second kappa shape index (κ2) is 9.41. The maximum Gasteiger partial charge on any atom is 0.357 e. The minimum atomic E-state index is -1.06. The maximum atomic E-state index is 14.1. The van der Waals surface area contributed by atoms with Crippen LogP contribution >= 0.6 is 11.3 Å². The van der Waals surface area contributed by atoms with Gasteiger partial charge in [0, 0.05) is 23.4 Å². The van der Waals surface area contributed by atoms with Crippen LogP contribution < -0.4 is 14.5 Å². The fraction of sp³-hybridized carbons (Fsp3) is 0.269. The molecule has 3 aromatic rings. The molecule has 4 amide bonds. The monoisotopic (exact) mass is 521 g/mol. The number of ether oxygens (including phenoxy) is 2. The number of carbonyl (C=O) groups excluding carboxylic acids is 4. The molecule has 3 atom stereocenters. The van der Waals surface area contributed by atoms with E-state index in [1.807, 2.05) is 31.2 Å². The van der Waals surface area contributed by atoms with E-state index in [-0.39, 0.29) is 12.1 Å². The molecular formula is C26H25N4O6S+. The first-order valence-electron chi connectivity index (χ1n) is 11.7. The molecule has 0 saturated carbocycles. The average molecular weight is 522 g/mol. The SMILES string of the molecule is CCOc1ccc([C@H]2NC(=O)N(C3Cc4ccccc4[N+](C)(c4nc(C(=O)OC)cs4)C3=O)C2=O)cc1. The number of aromatic nitrogens is 1. The number of quaternary nitrogens is 1.